The van der Waals surface area contributed by atoms with E-state index in [0.717, 1.165) is 6.07 Å². The Morgan fingerprint density at radius 1 is 1.09 bits per heavy atom. The van der Waals surface area contributed by atoms with E-state index in [1.165, 1.54) is 28.6 Å². The zero-order chi connectivity index (χ0) is 23.9. The highest BCUT2D eigenvalue weighted by Crippen LogP contribution is 2.33. The van der Waals surface area contributed by atoms with Crippen LogP contribution in [-0.2, 0) is 10.0 Å². The van der Waals surface area contributed by atoms with E-state index in [1.807, 2.05) is 11.9 Å². The van der Waals surface area contributed by atoms with E-state index in [9.17, 15) is 26.8 Å². The Labute approximate surface area is 187 Å². The number of carbonyl (C=O) groups is 2. The van der Waals surface area contributed by atoms with Crippen LogP contribution in [0.3, 0.4) is 0 Å². The smallest absolute Gasteiger partial charge is 0.286 e. The Morgan fingerprint density at radius 2 is 1.79 bits per heavy atom. The molecule has 2 aromatic carbocycles. The number of hydrogen-bond acceptors (Lipinski definition) is 6. The summed E-state index contributed by atoms with van der Waals surface area (Å²) in [5.41, 5.74) is 4.45. The van der Waals surface area contributed by atoms with Gasteiger partial charge in [0.15, 0.2) is 11.4 Å². The summed E-state index contributed by atoms with van der Waals surface area (Å²) in [5, 5.41) is 2.17. The number of piperazine rings is 1. The number of halogens is 2. The van der Waals surface area contributed by atoms with Gasteiger partial charge >= 0.3 is 0 Å². The maximum Gasteiger partial charge on any atom is 0.286 e. The summed E-state index contributed by atoms with van der Waals surface area (Å²) in [6, 6.07) is 6.78. The quantitative estimate of drug-likeness (QED) is 0.578. The molecule has 12 heteroatoms. The van der Waals surface area contributed by atoms with Gasteiger partial charge in [-0.25, -0.2) is 17.2 Å². The van der Waals surface area contributed by atoms with Gasteiger partial charge in [0.1, 0.15) is 11.5 Å². The normalized spacial score (nSPS) is 15.6. The molecule has 3 aromatic rings. The molecular weight excluding hydrogens is 458 g/mol. The Morgan fingerprint density at radius 3 is 2.45 bits per heavy atom. The SMILES string of the molecule is CN1CCN(S(=O)(=O)c2cccc(C(=O)Nc3c(C(N)=O)oc4c(F)cc(F)cc34)c2)CC1. The summed E-state index contributed by atoms with van der Waals surface area (Å²) >= 11 is 0. The van der Waals surface area contributed by atoms with Crippen molar-refractivity contribution in [3.63, 3.8) is 0 Å². The molecule has 33 heavy (non-hydrogen) atoms. The molecule has 1 fully saturated rings. The lowest BCUT2D eigenvalue weighted by Crippen LogP contribution is -2.47. The van der Waals surface area contributed by atoms with Crippen LogP contribution < -0.4 is 11.1 Å². The standard InChI is InChI=1S/C21H20F2N4O5S/c1-26-5-7-27(8-6-26)33(30,31)14-4-2-3-12(9-14)21(29)25-17-15-10-13(22)11-16(23)18(15)32-19(17)20(24)28/h2-4,9-11H,5-8H2,1H3,(H2,24,28)(H,25,29). The first-order valence-corrected chi connectivity index (χ1v) is 11.3. The van der Waals surface area contributed by atoms with Crippen molar-refractivity contribution in [1.29, 1.82) is 0 Å². The number of amides is 2. The fraction of sp³-hybridized carbons (Fsp3) is 0.238. The van der Waals surface area contributed by atoms with E-state index in [1.54, 1.807) is 0 Å². The van der Waals surface area contributed by atoms with Gasteiger partial charge in [-0.1, -0.05) is 6.07 Å². The number of nitrogens with two attached hydrogens (primary N) is 1. The lowest BCUT2D eigenvalue weighted by Gasteiger charge is -2.31. The van der Waals surface area contributed by atoms with Crippen molar-refractivity contribution >= 4 is 38.5 Å². The van der Waals surface area contributed by atoms with Crippen LogP contribution in [0.2, 0.25) is 0 Å². The summed E-state index contributed by atoms with van der Waals surface area (Å²) in [4.78, 5) is 26.6. The monoisotopic (exact) mass is 478 g/mol. The van der Waals surface area contributed by atoms with E-state index in [4.69, 9.17) is 10.2 Å². The fourth-order valence-corrected chi connectivity index (χ4v) is 5.05. The van der Waals surface area contributed by atoms with E-state index < -0.39 is 44.8 Å². The number of nitrogens with one attached hydrogen (secondary N) is 1. The van der Waals surface area contributed by atoms with Crippen LogP contribution >= 0.6 is 0 Å². The number of anilines is 1. The van der Waals surface area contributed by atoms with Crippen molar-refractivity contribution in [3.05, 3.63) is 59.4 Å². The summed E-state index contributed by atoms with van der Waals surface area (Å²) in [7, 11) is -1.94. The number of primary amides is 1. The number of sulfonamides is 1. The van der Waals surface area contributed by atoms with Gasteiger partial charge in [0.25, 0.3) is 11.8 Å². The second-order valence-electron chi connectivity index (χ2n) is 7.62. The number of carbonyl (C=O) groups excluding carboxylic acids is 2. The summed E-state index contributed by atoms with van der Waals surface area (Å²) in [6.07, 6.45) is 0. The number of benzene rings is 2. The zero-order valence-corrected chi connectivity index (χ0v) is 18.3. The maximum atomic E-state index is 14.1. The average Bonchev–Trinajstić information content (AvgIpc) is 3.13. The molecule has 1 saturated heterocycles. The van der Waals surface area contributed by atoms with Crippen molar-refractivity contribution < 1.29 is 31.2 Å². The van der Waals surface area contributed by atoms with Gasteiger partial charge < -0.3 is 20.4 Å². The number of hydrogen-bond donors (Lipinski definition) is 2. The van der Waals surface area contributed by atoms with Crippen LogP contribution in [0.1, 0.15) is 20.9 Å². The third-order valence-corrected chi connectivity index (χ3v) is 7.26. The van der Waals surface area contributed by atoms with Gasteiger partial charge in [0, 0.05) is 37.8 Å². The molecule has 0 bridgehead atoms. The molecule has 0 radical (unpaired) electrons. The van der Waals surface area contributed by atoms with Crippen LogP contribution in [0.25, 0.3) is 11.0 Å². The molecule has 0 aliphatic carbocycles. The second-order valence-corrected chi connectivity index (χ2v) is 9.56. The number of rotatable bonds is 5. The van der Waals surface area contributed by atoms with E-state index in [0.29, 0.717) is 32.2 Å². The van der Waals surface area contributed by atoms with E-state index in [-0.39, 0.29) is 21.5 Å². The van der Waals surface area contributed by atoms with E-state index in [2.05, 4.69) is 5.32 Å². The fourth-order valence-electron chi connectivity index (χ4n) is 3.58. The van der Waals surface area contributed by atoms with Crippen molar-refractivity contribution in [2.45, 2.75) is 4.90 Å². The average molecular weight is 478 g/mol. The summed E-state index contributed by atoms with van der Waals surface area (Å²) in [5.74, 6) is -4.52. The number of furan rings is 1. The van der Waals surface area contributed by atoms with Gasteiger partial charge in [0.2, 0.25) is 15.8 Å². The maximum absolute atomic E-state index is 14.1. The van der Waals surface area contributed by atoms with Crippen molar-refractivity contribution in [2.75, 3.05) is 38.5 Å². The highest BCUT2D eigenvalue weighted by atomic mass is 32.2. The Hall–Kier alpha value is -3.35. The first-order valence-electron chi connectivity index (χ1n) is 9.89. The molecule has 1 aliphatic heterocycles. The molecule has 0 unspecified atom stereocenters. The third-order valence-electron chi connectivity index (χ3n) is 5.37. The predicted molar refractivity (Wildman–Crippen MR) is 115 cm³/mol. The minimum atomic E-state index is -3.84. The lowest BCUT2D eigenvalue weighted by molar-refractivity contribution is 0.0977. The molecule has 3 N–H and O–H groups in total. The van der Waals surface area contributed by atoms with E-state index >= 15 is 0 Å². The molecule has 9 nitrogen and oxygen atoms in total. The molecular formula is C21H20F2N4O5S. The molecule has 2 heterocycles. The number of likely N-dealkylation sites (N-methyl/N-ethyl adjacent to an activating group) is 1. The Balaban J connectivity index is 1.67. The van der Waals surface area contributed by atoms with Gasteiger partial charge in [0.05, 0.1) is 10.3 Å². The summed E-state index contributed by atoms with van der Waals surface area (Å²) in [6.45, 7) is 1.79. The molecule has 0 saturated carbocycles. The van der Waals surface area contributed by atoms with Gasteiger partial charge in [-0.15, -0.1) is 0 Å². The molecule has 2 amide bonds. The molecule has 174 valence electrons. The number of nitrogens with zero attached hydrogens (tertiary/aromatic N) is 2. The van der Waals surface area contributed by atoms with Crippen molar-refractivity contribution in [1.82, 2.24) is 9.21 Å². The highest BCUT2D eigenvalue weighted by Gasteiger charge is 2.29. The van der Waals surface area contributed by atoms with Gasteiger partial charge in [-0.3, -0.25) is 9.59 Å². The van der Waals surface area contributed by atoms with Gasteiger partial charge in [-0.05, 0) is 31.3 Å². The summed E-state index contributed by atoms with van der Waals surface area (Å²) < 4.78 is 60.3. The topological polar surface area (TPSA) is 126 Å². The molecule has 1 aromatic heterocycles. The minimum absolute atomic E-state index is 0.0492. The van der Waals surface area contributed by atoms with Crippen molar-refractivity contribution in [2.24, 2.45) is 5.73 Å². The van der Waals surface area contributed by atoms with Crippen molar-refractivity contribution in [3.8, 4) is 0 Å². The van der Waals surface area contributed by atoms with Crippen LogP contribution in [0, 0.1) is 11.6 Å². The number of fused-ring (bicyclic) bond motifs is 1. The highest BCUT2D eigenvalue weighted by molar-refractivity contribution is 7.89. The van der Waals surface area contributed by atoms with Crippen LogP contribution in [-0.4, -0.2) is 62.7 Å². The largest absolute Gasteiger partial charge is 0.446 e. The van der Waals surface area contributed by atoms with Crippen LogP contribution in [0.5, 0.6) is 0 Å². The van der Waals surface area contributed by atoms with Crippen LogP contribution in [0.15, 0.2) is 45.7 Å². The predicted octanol–water partition coefficient (Wildman–Crippen LogP) is 2.00. The molecule has 0 atom stereocenters. The van der Waals surface area contributed by atoms with Crippen LogP contribution in [0.4, 0.5) is 14.5 Å². The first-order chi connectivity index (χ1) is 15.6. The second kappa shape index (κ2) is 8.54. The lowest BCUT2D eigenvalue weighted by atomic mass is 10.1. The Kier molecular flexibility index (Phi) is 5.91. The Bertz CT molecular complexity index is 1360. The molecule has 1 aliphatic rings. The van der Waals surface area contributed by atoms with Gasteiger partial charge in [-0.2, -0.15) is 4.31 Å². The zero-order valence-electron chi connectivity index (χ0n) is 17.5. The molecule has 4 rings (SSSR count). The minimum Gasteiger partial charge on any atom is -0.446 e. The first kappa shape index (κ1) is 22.8. The molecule has 0 spiro atoms. The third kappa shape index (κ3) is 4.32.